The number of benzene rings is 1. The molecule has 0 spiro atoms. The quantitative estimate of drug-likeness (QED) is 0.619. The Labute approximate surface area is 106 Å². The first-order chi connectivity index (χ1) is 7.68. The van der Waals surface area contributed by atoms with Gasteiger partial charge in [0.1, 0.15) is 0 Å². The van der Waals surface area contributed by atoms with Crippen LogP contribution in [0.4, 0.5) is 5.69 Å². The van der Waals surface area contributed by atoms with Crippen molar-refractivity contribution in [2.75, 3.05) is 13.1 Å². The summed E-state index contributed by atoms with van der Waals surface area (Å²) in [5.74, 6) is 1.60. The van der Waals surface area contributed by atoms with Crippen LogP contribution in [-0.2, 0) is 0 Å². The molecule has 0 amide bonds. The molecule has 3 atom stereocenters. The number of non-ortho nitro benzene ring substituents is 1. The second-order valence-corrected chi connectivity index (χ2v) is 4.80. The molecule has 1 fully saturated rings. The minimum Gasteiger partial charge on any atom is -0.315 e. The molecule has 0 radical (unpaired) electrons. The van der Waals surface area contributed by atoms with E-state index in [1.54, 1.807) is 12.1 Å². The number of nitrogens with zero attached hydrogens (tertiary/aromatic N) is 1. The van der Waals surface area contributed by atoms with E-state index in [-0.39, 0.29) is 23.0 Å². The molecule has 17 heavy (non-hydrogen) atoms. The topological polar surface area (TPSA) is 55.2 Å². The smallest absolute Gasteiger partial charge is 0.269 e. The van der Waals surface area contributed by atoms with Crippen molar-refractivity contribution in [2.45, 2.75) is 18.8 Å². The lowest BCUT2D eigenvalue weighted by Gasteiger charge is -2.27. The number of nitro benzene ring substituents is 1. The van der Waals surface area contributed by atoms with E-state index in [0.29, 0.717) is 17.8 Å². The van der Waals surface area contributed by atoms with Gasteiger partial charge in [-0.05, 0) is 23.0 Å². The lowest BCUT2D eigenvalue weighted by atomic mass is 9.85. The summed E-state index contributed by atoms with van der Waals surface area (Å²) in [7, 11) is 0. The van der Waals surface area contributed by atoms with Crippen LogP contribution >= 0.6 is 12.4 Å². The van der Waals surface area contributed by atoms with Crippen molar-refractivity contribution in [3.63, 3.8) is 0 Å². The number of halogens is 1. The van der Waals surface area contributed by atoms with E-state index in [1.807, 2.05) is 6.07 Å². The summed E-state index contributed by atoms with van der Waals surface area (Å²) < 4.78 is 0. The van der Waals surface area contributed by atoms with Gasteiger partial charge >= 0.3 is 0 Å². The van der Waals surface area contributed by atoms with E-state index in [2.05, 4.69) is 12.2 Å². The van der Waals surface area contributed by atoms with E-state index in [4.69, 9.17) is 0 Å². The van der Waals surface area contributed by atoms with Gasteiger partial charge in [0.2, 0.25) is 0 Å². The van der Waals surface area contributed by atoms with Gasteiger partial charge in [-0.1, -0.05) is 13.0 Å². The van der Waals surface area contributed by atoms with Gasteiger partial charge in [0.05, 0.1) is 4.92 Å². The number of hydrogen-bond acceptors (Lipinski definition) is 3. The van der Waals surface area contributed by atoms with Crippen molar-refractivity contribution in [3.05, 3.63) is 39.4 Å². The molecule has 0 saturated carbocycles. The molecule has 1 aromatic carbocycles. The fourth-order valence-corrected chi connectivity index (χ4v) is 3.17. The van der Waals surface area contributed by atoms with Gasteiger partial charge in [0.25, 0.3) is 5.69 Å². The first-order valence-corrected chi connectivity index (χ1v) is 5.67. The monoisotopic (exact) mass is 254 g/mol. The zero-order valence-corrected chi connectivity index (χ0v) is 10.4. The summed E-state index contributed by atoms with van der Waals surface area (Å²) in [5.41, 5.74) is 2.73. The highest BCUT2D eigenvalue weighted by Gasteiger charge is 2.41. The molecule has 2 aliphatic rings. The van der Waals surface area contributed by atoms with Crippen LogP contribution in [0.15, 0.2) is 18.2 Å². The lowest BCUT2D eigenvalue weighted by Crippen LogP contribution is -2.34. The predicted octanol–water partition coefficient (Wildman–Crippen LogP) is 2.44. The Kier molecular flexibility index (Phi) is 3.10. The maximum absolute atomic E-state index is 10.8. The number of rotatable bonds is 1. The Balaban J connectivity index is 0.00000108. The van der Waals surface area contributed by atoms with E-state index >= 15 is 0 Å². The standard InChI is InChI=1S/C12H14N2O2.ClH/c1-7-11-5-13-6-12(7)10-4-8(14(15)16)2-3-9(10)11;/h2-4,7,11-13H,5-6H2,1H3;1H. The van der Waals surface area contributed by atoms with Crippen molar-refractivity contribution in [2.24, 2.45) is 5.92 Å². The molecule has 5 heteroatoms. The molecule has 1 aromatic rings. The van der Waals surface area contributed by atoms with Gasteiger partial charge in [0.15, 0.2) is 0 Å². The number of piperidine rings is 1. The molecule has 2 bridgehead atoms. The van der Waals surface area contributed by atoms with Crippen LogP contribution in [0.25, 0.3) is 0 Å². The Hall–Kier alpha value is -1.13. The number of nitro groups is 1. The molecule has 3 rings (SSSR count). The highest BCUT2D eigenvalue weighted by atomic mass is 35.5. The van der Waals surface area contributed by atoms with Crippen molar-refractivity contribution in [3.8, 4) is 0 Å². The Morgan fingerprint density at radius 2 is 1.94 bits per heavy atom. The molecule has 4 nitrogen and oxygen atoms in total. The van der Waals surface area contributed by atoms with Crippen LogP contribution in [-0.4, -0.2) is 18.0 Å². The van der Waals surface area contributed by atoms with Crippen LogP contribution in [0.5, 0.6) is 0 Å². The Morgan fingerprint density at radius 1 is 1.29 bits per heavy atom. The fourth-order valence-electron chi connectivity index (χ4n) is 3.17. The van der Waals surface area contributed by atoms with Crippen molar-refractivity contribution < 1.29 is 4.92 Å². The normalized spacial score (nSPS) is 29.4. The number of nitrogens with one attached hydrogen (secondary N) is 1. The van der Waals surface area contributed by atoms with E-state index in [0.717, 1.165) is 13.1 Å². The molecular weight excluding hydrogens is 240 g/mol. The van der Waals surface area contributed by atoms with E-state index < -0.39 is 0 Å². The Morgan fingerprint density at radius 3 is 2.59 bits per heavy atom. The average molecular weight is 255 g/mol. The molecular formula is C12H15ClN2O2. The minimum absolute atomic E-state index is 0. The molecule has 1 aliphatic carbocycles. The molecule has 1 N–H and O–H groups in total. The first kappa shape index (κ1) is 12.3. The van der Waals surface area contributed by atoms with Gasteiger partial charge in [-0.2, -0.15) is 0 Å². The van der Waals surface area contributed by atoms with Crippen molar-refractivity contribution >= 4 is 18.1 Å². The van der Waals surface area contributed by atoms with Crippen molar-refractivity contribution in [1.29, 1.82) is 0 Å². The Bertz CT molecular complexity index is 464. The summed E-state index contributed by atoms with van der Waals surface area (Å²) in [6, 6.07) is 5.34. The van der Waals surface area contributed by atoms with Crippen LogP contribution < -0.4 is 5.32 Å². The van der Waals surface area contributed by atoms with Gasteiger partial charge in [-0.25, -0.2) is 0 Å². The van der Waals surface area contributed by atoms with E-state index in [1.165, 1.54) is 11.1 Å². The second kappa shape index (κ2) is 4.27. The summed E-state index contributed by atoms with van der Waals surface area (Å²) in [6.07, 6.45) is 0. The minimum atomic E-state index is -0.305. The third kappa shape index (κ3) is 1.72. The average Bonchev–Trinajstić information content (AvgIpc) is 2.46. The van der Waals surface area contributed by atoms with Crippen LogP contribution in [0.3, 0.4) is 0 Å². The van der Waals surface area contributed by atoms with Crippen LogP contribution in [0, 0.1) is 16.0 Å². The largest absolute Gasteiger partial charge is 0.315 e. The van der Waals surface area contributed by atoms with Gasteiger partial charge < -0.3 is 5.32 Å². The fraction of sp³-hybridized carbons (Fsp3) is 0.500. The highest BCUT2D eigenvalue weighted by Crippen LogP contribution is 2.48. The molecule has 1 saturated heterocycles. The van der Waals surface area contributed by atoms with Gasteiger partial charge in [-0.3, -0.25) is 10.1 Å². The number of fused-ring (bicyclic) bond motifs is 5. The number of hydrogen-bond donors (Lipinski definition) is 1. The molecule has 1 aliphatic heterocycles. The second-order valence-electron chi connectivity index (χ2n) is 4.80. The third-order valence-corrected chi connectivity index (χ3v) is 4.08. The summed E-state index contributed by atoms with van der Waals surface area (Å²) in [5, 5.41) is 14.2. The van der Waals surface area contributed by atoms with Gasteiger partial charge in [0, 0.05) is 31.1 Å². The molecule has 3 unspecified atom stereocenters. The van der Waals surface area contributed by atoms with E-state index in [9.17, 15) is 10.1 Å². The molecule has 1 heterocycles. The summed E-state index contributed by atoms with van der Waals surface area (Å²) in [4.78, 5) is 10.5. The highest BCUT2D eigenvalue weighted by molar-refractivity contribution is 5.85. The van der Waals surface area contributed by atoms with Crippen molar-refractivity contribution in [1.82, 2.24) is 5.32 Å². The molecule has 92 valence electrons. The zero-order chi connectivity index (χ0) is 11.3. The summed E-state index contributed by atoms with van der Waals surface area (Å²) in [6.45, 7) is 4.20. The zero-order valence-electron chi connectivity index (χ0n) is 9.55. The first-order valence-electron chi connectivity index (χ1n) is 5.67. The lowest BCUT2D eigenvalue weighted by molar-refractivity contribution is -0.384. The summed E-state index contributed by atoms with van der Waals surface area (Å²) >= 11 is 0. The van der Waals surface area contributed by atoms with Crippen LogP contribution in [0.1, 0.15) is 29.9 Å². The third-order valence-electron chi connectivity index (χ3n) is 4.08. The molecule has 0 aromatic heterocycles. The predicted molar refractivity (Wildman–Crippen MR) is 67.9 cm³/mol. The van der Waals surface area contributed by atoms with Crippen LogP contribution in [0.2, 0.25) is 0 Å². The maximum atomic E-state index is 10.8. The maximum Gasteiger partial charge on any atom is 0.269 e. The van der Waals surface area contributed by atoms with Gasteiger partial charge in [-0.15, -0.1) is 12.4 Å². The SMILES string of the molecule is CC1C2CNCC1c1cc([N+](=O)[O-])ccc12.Cl.